The highest BCUT2D eigenvalue weighted by atomic mass is 16.5. The minimum atomic E-state index is 0.232. The van der Waals surface area contributed by atoms with Crippen LogP contribution >= 0.6 is 0 Å². The van der Waals surface area contributed by atoms with Crippen LogP contribution in [0.4, 0.5) is 5.95 Å². The number of hydrogen-bond donors (Lipinski definition) is 1. The minimum Gasteiger partial charge on any atom is -0.462 e. The van der Waals surface area contributed by atoms with Gasteiger partial charge in [0.1, 0.15) is 12.9 Å². The molecule has 0 radical (unpaired) electrons. The highest BCUT2D eigenvalue weighted by Crippen LogP contribution is 2.11. The van der Waals surface area contributed by atoms with Crippen LogP contribution in [0, 0.1) is 6.92 Å². The largest absolute Gasteiger partial charge is 0.462 e. The van der Waals surface area contributed by atoms with E-state index in [1.807, 2.05) is 31.2 Å². The van der Waals surface area contributed by atoms with Crippen molar-refractivity contribution in [3.8, 4) is 12.0 Å². The SMILES string of the molecule is Cc1cccc(/C=N/Nc2nc(OCCN3CCOCC3)nc(-n3ccnc3)n2)c1. The lowest BCUT2D eigenvalue weighted by atomic mass is 10.2. The number of ether oxygens (including phenoxy) is 2. The lowest BCUT2D eigenvalue weighted by Gasteiger charge is -2.26. The first-order valence-electron chi connectivity index (χ1n) is 9.79. The maximum Gasteiger partial charge on any atom is 0.323 e. The van der Waals surface area contributed by atoms with Crippen LogP contribution in [0.5, 0.6) is 6.01 Å². The van der Waals surface area contributed by atoms with Crippen molar-refractivity contribution in [1.82, 2.24) is 29.4 Å². The van der Waals surface area contributed by atoms with E-state index in [1.54, 1.807) is 29.5 Å². The third-order valence-corrected chi connectivity index (χ3v) is 4.50. The third kappa shape index (κ3) is 5.58. The first-order valence-corrected chi connectivity index (χ1v) is 9.79. The Hall–Kier alpha value is -3.37. The lowest BCUT2D eigenvalue weighted by Crippen LogP contribution is -2.38. The van der Waals surface area contributed by atoms with Crippen molar-refractivity contribution in [1.29, 1.82) is 0 Å². The van der Waals surface area contributed by atoms with E-state index in [2.05, 4.69) is 35.4 Å². The van der Waals surface area contributed by atoms with Crippen molar-refractivity contribution in [2.45, 2.75) is 6.92 Å². The fraction of sp³-hybridized carbons (Fsp3) is 0.350. The summed E-state index contributed by atoms with van der Waals surface area (Å²) in [5.41, 5.74) is 5.01. The lowest BCUT2D eigenvalue weighted by molar-refractivity contribution is 0.0317. The van der Waals surface area contributed by atoms with Crippen LogP contribution in [0.1, 0.15) is 11.1 Å². The van der Waals surface area contributed by atoms with Crippen molar-refractivity contribution in [3.63, 3.8) is 0 Å². The Bertz CT molecular complexity index is 971. The molecule has 0 saturated carbocycles. The van der Waals surface area contributed by atoms with E-state index in [0.29, 0.717) is 18.5 Å². The summed E-state index contributed by atoms with van der Waals surface area (Å²) in [5.74, 6) is 0.691. The number of imidazole rings is 1. The highest BCUT2D eigenvalue weighted by molar-refractivity contribution is 5.80. The molecular weight excluding hydrogens is 384 g/mol. The summed E-state index contributed by atoms with van der Waals surface area (Å²) in [6, 6.07) is 8.26. The van der Waals surface area contributed by atoms with Gasteiger partial charge in [-0.25, -0.2) is 10.4 Å². The fourth-order valence-corrected chi connectivity index (χ4v) is 2.96. The number of hydrazone groups is 1. The van der Waals surface area contributed by atoms with E-state index in [1.165, 1.54) is 0 Å². The number of hydrogen-bond acceptors (Lipinski definition) is 9. The van der Waals surface area contributed by atoms with Gasteiger partial charge in [-0.2, -0.15) is 20.1 Å². The van der Waals surface area contributed by atoms with Crippen LogP contribution in [-0.2, 0) is 4.74 Å². The van der Waals surface area contributed by atoms with Gasteiger partial charge in [0.25, 0.3) is 5.95 Å². The maximum absolute atomic E-state index is 5.80. The van der Waals surface area contributed by atoms with E-state index >= 15 is 0 Å². The van der Waals surface area contributed by atoms with Crippen LogP contribution in [0.25, 0.3) is 5.95 Å². The molecule has 0 amide bonds. The van der Waals surface area contributed by atoms with E-state index in [0.717, 1.165) is 44.0 Å². The first-order chi connectivity index (χ1) is 14.8. The smallest absolute Gasteiger partial charge is 0.323 e. The van der Waals surface area contributed by atoms with Gasteiger partial charge in [0.05, 0.1) is 19.4 Å². The zero-order valence-corrected chi connectivity index (χ0v) is 16.8. The molecule has 1 fully saturated rings. The number of rotatable bonds is 8. The Morgan fingerprint density at radius 1 is 1.23 bits per heavy atom. The van der Waals surface area contributed by atoms with E-state index < -0.39 is 0 Å². The van der Waals surface area contributed by atoms with Crippen LogP contribution in [0.3, 0.4) is 0 Å². The molecular formula is C20H24N8O2. The average molecular weight is 408 g/mol. The van der Waals surface area contributed by atoms with Gasteiger partial charge in [-0.3, -0.25) is 9.47 Å². The predicted molar refractivity (Wildman–Crippen MR) is 112 cm³/mol. The van der Waals surface area contributed by atoms with Crippen LogP contribution in [0.2, 0.25) is 0 Å². The van der Waals surface area contributed by atoms with Gasteiger partial charge in [0, 0.05) is 32.0 Å². The zero-order chi connectivity index (χ0) is 20.6. The molecule has 1 N–H and O–H groups in total. The number of aryl methyl sites for hydroxylation is 1. The molecule has 10 heteroatoms. The number of anilines is 1. The van der Waals surface area contributed by atoms with Gasteiger partial charge < -0.3 is 9.47 Å². The summed E-state index contributed by atoms with van der Waals surface area (Å²) in [4.78, 5) is 19.4. The van der Waals surface area contributed by atoms with Crippen molar-refractivity contribution in [3.05, 3.63) is 54.1 Å². The summed E-state index contributed by atoms with van der Waals surface area (Å²) in [6.45, 7) is 6.60. The molecule has 156 valence electrons. The minimum absolute atomic E-state index is 0.232. The Morgan fingerprint density at radius 2 is 2.13 bits per heavy atom. The van der Waals surface area contributed by atoms with Gasteiger partial charge >= 0.3 is 6.01 Å². The van der Waals surface area contributed by atoms with Gasteiger partial charge in [-0.1, -0.05) is 29.8 Å². The molecule has 0 unspecified atom stereocenters. The number of morpholine rings is 1. The Morgan fingerprint density at radius 3 is 2.93 bits per heavy atom. The Labute approximate surface area is 174 Å². The molecule has 30 heavy (non-hydrogen) atoms. The fourth-order valence-electron chi connectivity index (χ4n) is 2.96. The van der Waals surface area contributed by atoms with Gasteiger partial charge in [0.15, 0.2) is 0 Å². The van der Waals surface area contributed by atoms with Crippen molar-refractivity contribution >= 4 is 12.2 Å². The standard InChI is InChI=1S/C20H24N8O2/c1-16-3-2-4-17(13-16)14-22-26-18-23-19(28-6-5-21-15-28)25-20(24-18)30-12-9-27-7-10-29-11-8-27/h2-6,13-15H,7-12H2,1H3,(H,23,24,25,26)/b22-14+. The molecule has 3 aromatic rings. The molecule has 1 aliphatic rings. The highest BCUT2D eigenvalue weighted by Gasteiger charge is 2.12. The Kier molecular flexibility index (Phi) is 6.58. The van der Waals surface area contributed by atoms with Crippen molar-refractivity contribution in [2.75, 3.05) is 44.9 Å². The van der Waals surface area contributed by atoms with Crippen molar-refractivity contribution in [2.24, 2.45) is 5.10 Å². The second-order valence-electron chi connectivity index (χ2n) is 6.80. The summed E-state index contributed by atoms with van der Waals surface area (Å²) >= 11 is 0. The molecule has 1 aliphatic heterocycles. The Balaban J connectivity index is 1.44. The molecule has 0 aliphatic carbocycles. The van der Waals surface area contributed by atoms with E-state index in [-0.39, 0.29) is 6.01 Å². The summed E-state index contributed by atoms with van der Waals surface area (Å²) in [5, 5.41) is 4.24. The normalized spacial score (nSPS) is 14.8. The van der Waals surface area contributed by atoms with E-state index in [4.69, 9.17) is 9.47 Å². The van der Waals surface area contributed by atoms with Crippen molar-refractivity contribution < 1.29 is 9.47 Å². The first kappa shape index (κ1) is 19.9. The molecule has 0 atom stereocenters. The molecule has 1 saturated heterocycles. The molecule has 1 aromatic carbocycles. The molecule has 4 rings (SSSR count). The molecule has 3 heterocycles. The summed E-state index contributed by atoms with van der Waals surface area (Å²) < 4.78 is 12.9. The monoisotopic (exact) mass is 408 g/mol. The molecule has 0 spiro atoms. The second-order valence-corrected chi connectivity index (χ2v) is 6.80. The maximum atomic E-state index is 5.80. The third-order valence-electron chi connectivity index (χ3n) is 4.50. The van der Waals surface area contributed by atoms with Crippen LogP contribution in [0.15, 0.2) is 48.1 Å². The van der Waals surface area contributed by atoms with Gasteiger partial charge in [-0.15, -0.1) is 0 Å². The molecule has 2 aromatic heterocycles. The second kappa shape index (κ2) is 9.90. The topological polar surface area (TPSA) is 103 Å². The molecule has 10 nitrogen and oxygen atoms in total. The number of nitrogens with one attached hydrogen (secondary N) is 1. The predicted octanol–water partition coefficient (Wildman–Crippen LogP) is 1.52. The van der Waals surface area contributed by atoms with Gasteiger partial charge in [0.2, 0.25) is 5.95 Å². The number of aromatic nitrogens is 5. The van der Waals surface area contributed by atoms with Crippen LogP contribution < -0.4 is 10.2 Å². The summed E-state index contributed by atoms with van der Waals surface area (Å²) in [7, 11) is 0. The van der Waals surface area contributed by atoms with E-state index in [9.17, 15) is 0 Å². The number of nitrogens with zero attached hydrogens (tertiary/aromatic N) is 7. The number of benzene rings is 1. The van der Waals surface area contributed by atoms with Gasteiger partial charge in [-0.05, 0) is 12.5 Å². The van der Waals surface area contributed by atoms with Crippen LogP contribution in [-0.4, -0.2) is 75.1 Å². The quantitative estimate of drug-likeness (QED) is 0.442. The average Bonchev–Trinajstić information content (AvgIpc) is 3.30. The molecule has 0 bridgehead atoms. The summed E-state index contributed by atoms with van der Waals surface area (Å²) in [6.07, 6.45) is 6.75. The zero-order valence-electron chi connectivity index (χ0n) is 16.8.